The zero-order chi connectivity index (χ0) is 29.6. The quantitative estimate of drug-likeness (QED) is 0.197. The first kappa shape index (κ1) is 30.4. The molecule has 0 aliphatic carbocycles. The Morgan fingerprint density at radius 2 is 1.10 bits per heavy atom. The third-order valence-corrected chi connectivity index (χ3v) is 8.51. The lowest BCUT2D eigenvalue weighted by Crippen LogP contribution is -2.31. The molecule has 4 heteroatoms. The first-order valence-electron chi connectivity index (χ1n) is 14.5. The van der Waals surface area contributed by atoms with Crippen LogP contribution in [0.25, 0.3) is 0 Å². The van der Waals surface area contributed by atoms with Gasteiger partial charge in [0.15, 0.2) is 0 Å². The van der Waals surface area contributed by atoms with Crippen molar-refractivity contribution < 1.29 is 9.84 Å². The van der Waals surface area contributed by atoms with Crippen LogP contribution in [0.5, 0.6) is 11.5 Å². The zero-order valence-corrected chi connectivity index (χ0v) is 25.8. The van der Waals surface area contributed by atoms with E-state index in [0.29, 0.717) is 12.3 Å². The lowest BCUT2D eigenvalue weighted by molar-refractivity contribution is 0.243. The van der Waals surface area contributed by atoms with Crippen molar-refractivity contribution >= 4 is 0 Å². The molecular weight excluding hydrogens is 504 g/mol. The number of phenols is 1. The number of methoxy groups -OCH3 is 1. The van der Waals surface area contributed by atoms with Crippen molar-refractivity contribution in [3.8, 4) is 11.5 Å². The van der Waals surface area contributed by atoms with Crippen LogP contribution in [0, 0.1) is 0 Å². The van der Waals surface area contributed by atoms with E-state index in [-0.39, 0.29) is 10.8 Å². The van der Waals surface area contributed by atoms with Crippen molar-refractivity contribution in [1.29, 1.82) is 0 Å². The molecule has 0 heterocycles. The van der Waals surface area contributed by atoms with E-state index >= 15 is 0 Å². The van der Waals surface area contributed by atoms with Crippen LogP contribution >= 0.6 is 0 Å². The molecular formula is C37H46N2O2. The summed E-state index contributed by atoms with van der Waals surface area (Å²) in [5.74, 6) is 1.31. The van der Waals surface area contributed by atoms with Crippen molar-refractivity contribution in [2.75, 3.05) is 34.3 Å². The van der Waals surface area contributed by atoms with Crippen molar-refractivity contribution in [3.63, 3.8) is 0 Å². The number of hydrogen-bond donors (Lipinski definition) is 1. The molecule has 0 fully saturated rings. The predicted octanol–water partition coefficient (Wildman–Crippen LogP) is 7.62. The molecule has 0 aliphatic rings. The number of benzene rings is 4. The smallest absolute Gasteiger partial charge is 0.124 e. The molecule has 0 amide bonds. The van der Waals surface area contributed by atoms with Crippen molar-refractivity contribution in [2.24, 2.45) is 0 Å². The molecule has 216 valence electrons. The Balaban J connectivity index is 1.62. The summed E-state index contributed by atoms with van der Waals surface area (Å²) in [5.41, 5.74) is 6.16. The van der Waals surface area contributed by atoms with Gasteiger partial charge in [-0.2, -0.15) is 0 Å². The molecule has 4 rings (SSSR count). The van der Waals surface area contributed by atoms with Crippen LogP contribution in [-0.2, 0) is 23.9 Å². The van der Waals surface area contributed by atoms with Gasteiger partial charge < -0.3 is 19.6 Å². The van der Waals surface area contributed by atoms with Gasteiger partial charge in [-0.3, -0.25) is 0 Å². The van der Waals surface area contributed by atoms with Crippen LogP contribution in [0.4, 0.5) is 0 Å². The SMILES string of the molecule is COc1ccccc1CN(C)CCN(C)Cc1cc(C(C)(C)c2ccccc2)cc(C(C)(C)c2ccccc2)c1O. The summed E-state index contributed by atoms with van der Waals surface area (Å²) in [6.07, 6.45) is 0. The molecule has 0 radical (unpaired) electrons. The highest BCUT2D eigenvalue weighted by molar-refractivity contribution is 5.54. The Morgan fingerprint density at radius 1 is 0.610 bits per heavy atom. The van der Waals surface area contributed by atoms with Crippen molar-refractivity contribution in [2.45, 2.75) is 51.6 Å². The molecule has 0 saturated heterocycles. The van der Waals surface area contributed by atoms with Crippen LogP contribution in [0.1, 0.15) is 61.1 Å². The summed E-state index contributed by atoms with van der Waals surface area (Å²) < 4.78 is 5.54. The van der Waals surface area contributed by atoms with Crippen LogP contribution in [0.15, 0.2) is 97.1 Å². The molecule has 4 aromatic rings. The second-order valence-corrected chi connectivity index (χ2v) is 12.3. The van der Waals surface area contributed by atoms with E-state index in [1.165, 1.54) is 22.3 Å². The summed E-state index contributed by atoms with van der Waals surface area (Å²) in [4.78, 5) is 4.61. The Kier molecular flexibility index (Phi) is 9.57. The second-order valence-electron chi connectivity index (χ2n) is 12.3. The van der Waals surface area contributed by atoms with Gasteiger partial charge in [0.05, 0.1) is 7.11 Å². The second kappa shape index (κ2) is 12.9. The van der Waals surface area contributed by atoms with Gasteiger partial charge in [-0.15, -0.1) is 0 Å². The minimum absolute atomic E-state index is 0.223. The largest absolute Gasteiger partial charge is 0.507 e. The Morgan fingerprint density at radius 3 is 1.66 bits per heavy atom. The third kappa shape index (κ3) is 7.01. The number of ether oxygens (including phenoxy) is 1. The molecule has 0 bridgehead atoms. The van der Waals surface area contributed by atoms with E-state index in [0.717, 1.165) is 36.5 Å². The maximum atomic E-state index is 11.8. The normalized spacial score (nSPS) is 12.2. The molecule has 4 nitrogen and oxygen atoms in total. The third-order valence-electron chi connectivity index (χ3n) is 8.51. The summed E-state index contributed by atoms with van der Waals surface area (Å²) in [6.45, 7) is 12.2. The van der Waals surface area contributed by atoms with Gasteiger partial charge in [-0.25, -0.2) is 0 Å². The highest BCUT2D eigenvalue weighted by Crippen LogP contribution is 2.43. The summed E-state index contributed by atoms with van der Waals surface area (Å²) in [5, 5.41) is 11.8. The van der Waals surface area contributed by atoms with Gasteiger partial charge in [0.1, 0.15) is 11.5 Å². The molecule has 0 unspecified atom stereocenters. The lowest BCUT2D eigenvalue weighted by atomic mass is 9.72. The van der Waals surface area contributed by atoms with Crippen LogP contribution in [-0.4, -0.2) is 49.2 Å². The number of para-hydroxylation sites is 1. The first-order valence-corrected chi connectivity index (χ1v) is 14.5. The fourth-order valence-electron chi connectivity index (χ4n) is 5.60. The minimum Gasteiger partial charge on any atom is -0.507 e. The van der Waals surface area contributed by atoms with Crippen LogP contribution in [0.2, 0.25) is 0 Å². The Bertz CT molecular complexity index is 1410. The maximum Gasteiger partial charge on any atom is 0.124 e. The molecule has 0 atom stereocenters. The molecule has 41 heavy (non-hydrogen) atoms. The van der Waals surface area contributed by atoms with Gasteiger partial charge in [-0.1, -0.05) is 113 Å². The maximum absolute atomic E-state index is 11.8. The van der Waals surface area contributed by atoms with E-state index in [4.69, 9.17) is 4.74 Å². The van der Waals surface area contributed by atoms with Gasteiger partial charge in [0, 0.05) is 53.7 Å². The molecule has 0 saturated carbocycles. The number of aromatic hydroxyl groups is 1. The highest BCUT2D eigenvalue weighted by Gasteiger charge is 2.32. The number of nitrogens with zero attached hydrogens (tertiary/aromatic N) is 2. The average Bonchev–Trinajstić information content (AvgIpc) is 2.98. The van der Waals surface area contributed by atoms with E-state index in [1.54, 1.807) is 7.11 Å². The zero-order valence-electron chi connectivity index (χ0n) is 25.8. The van der Waals surface area contributed by atoms with E-state index in [1.807, 2.05) is 18.2 Å². The number of hydrogen-bond acceptors (Lipinski definition) is 4. The fourth-order valence-corrected chi connectivity index (χ4v) is 5.60. The summed E-state index contributed by atoms with van der Waals surface area (Å²) >= 11 is 0. The van der Waals surface area contributed by atoms with E-state index in [9.17, 15) is 5.11 Å². The van der Waals surface area contributed by atoms with E-state index < -0.39 is 0 Å². The molecule has 1 N–H and O–H groups in total. The van der Waals surface area contributed by atoms with E-state index in [2.05, 4.69) is 130 Å². The predicted molar refractivity (Wildman–Crippen MR) is 171 cm³/mol. The molecule has 0 aromatic heterocycles. The van der Waals surface area contributed by atoms with Gasteiger partial charge in [-0.05, 0) is 42.9 Å². The lowest BCUT2D eigenvalue weighted by Gasteiger charge is -2.33. The van der Waals surface area contributed by atoms with Gasteiger partial charge >= 0.3 is 0 Å². The number of rotatable bonds is 12. The van der Waals surface area contributed by atoms with Gasteiger partial charge in [0.25, 0.3) is 0 Å². The monoisotopic (exact) mass is 550 g/mol. The number of phenolic OH excluding ortho intramolecular Hbond substituents is 1. The van der Waals surface area contributed by atoms with Crippen LogP contribution in [0.3, 0.4) is 0 Å². The highest BCUT2D eigenvalue weighted by atomic mass is 16.5. The van der Waals surface area contributed by atoms with Gasteiger partial charge in [0.2, 0.25) is 0 Å². The first-order chi connectivity index (χ1) is 19.5. The minimum atomic E-state index is -0.365. The average molecular weight is 551 g/mol. The van der Waals surface area contributed by atoms with Crippen molar-refractivity contribution in [3.05, 3.63) is 130 Å². The molecule has 4 aromatic carbocycles. The Hall–Kier alpha value is -3.60. The Labute approximate surface area is 247 Å². The molecule has 0 spiro atoms. The standard InChI is InChI=1S/C37H46N2O2/c1-36(2,30-17-10-8-11-18-30)32-24-29(35(40)33(25-32)37(3,4)31-19-12-9-13-20-31)27-39(6)23-22-38(5)26-28-16-14-15-21-34(28)41-7/h8-21,24-25,40H,22-23,26-27H2,1-7H3. The molecule has 0 aliphatic heterocycles. The summed E-state index contributed by atoms with van der Waals surface area (Å²) in [6, 6.07) is 33.8. The fraction of sp³-hybridized carbons (Fsp3) is 0.351. The number of likely N-dealkylation sites (N-methyl/N-ethyl adjacent to an activating group) is 2. The summed E-state index contributed by atoms with van der Waals surface area (Å²) in [7, 11) is 5.99. The van der Waals surface area contributed by atoms with Crippen LogP contribution < -0.4 is 4.74 Å². The van der Waals surface area contributed by atoms with Crippen molar-refractivity contribution in [1.82, 2.24) is 9.80 Å². The topological polar surface area (TPSA) is 35.9 Å².